The van der Waals surface area contributed by atoms with Gasteiger partial charge in [0.25, 0.3) is 0 Å². The zero-order valence-electron chi connectivity index (χ0n) is 9.85. The molecule has 2 rings (SSSR count). The highest BCUT2D eigenvalue weighted by Crippen LogP contribution is 2.08. The highest BCUT2D eigenvalue weighted by molar-refractivity contribution is 5.86. The van der Waals surface area contributed by atoms with E-state index in [0.717, 1.165) is 6.54 Å². The molecule has 1 N–H and O–H groups in total. The van der Waals surface area contributed by atoms with E-state index in [0.29, 0.717) is 6.04 Å². The second kappa shape index (κ2) is 9.75. The molecular formula is C10H24Cl3N3. The zero-order chi connectivity index (χ0) is 9.10. The lowest BCUT2D eigenvalue weighted by atomic mass is 10.2. The van der Waals surface area contributed by atoms with E-state index in [4.69, 9.17) is 0 Å². The van der Waals surface area contributed by atoms with Crippen LogP contribution in [0.3, 0.4) is 0 Å². The van der Waals surface area contributed by atoms with E-state index in [-0.39, 0.29) is 37.2 Å². The summed E-state index contributed by atoms with van der Waals surface area (Å²) in [6.07, 6.45) is 2.81. The molecule has 0 bridgehead atoms. The van der Waals surface area contributed by atoms with E-state index in [1.54, 1.807) is 0 Å². The lowest BCUT2D eigenvalue weighted by molar-refractivity contribution is 0.195. The van der Waals surface area contributed by atoms with Crippen LogP contribution >= 0.6 is 37.2 Å². The first-order valence-corrected chi connectivity index (χ1v) is 5.49. The SMILES string of the molecule is CN1CCNC(CN2CCCC2)C1.Cl.Cl.Cl. The standard InChI is InChI=1S/C10H21N3.3ClH/c1-12-7-4-11-10(8-12)9-13-5-2-3-6-13;;;/h10-11H,2-9H2,1H3;3*1H. The molecule has 3 nitrogen and oxygen atoms in total. The van der Waals surface area contributed by atoms with Crippen molar-refractivity contribution >= 4 is 37.2 Å². The van der Waals surface area contributed by atoms with Gasteiger partial charge in [-0.15, -0.1) is 37.2 Å². The highest BCUT2D eigenvalue weighted by atomic mass is 35.5. The third-order valence-electron chi connectivity index (χ3n) is 3.14. The molecule has 0 amide bonds. The Kier molecular flexibility index (Phi) is 11.6. The smallest absolute Gasteiger partial charge is 0.0323 e. The Balaban J connectivity index is 0. The molecule has 2 aliphatic rings. The summed E-state index contributed by atoms with van der Waals surface area (Å²) in [5, 5.41) is 3.59. The predicted octanol–water partition coefficient (Wildman–Crippen LogP) is 1.25. The topological polar surface area (TPSA) is 18.5 Å². The van der Waals surface area contributed by atoms with E-state index in [1.165, 1.54) is 45.6 Å². The van der Waals surface area contributed by atoms with Crippen molar-refractivity contribution in [3.05, 3.63) is 0 Å². The molecule has 0 aromatic heterocycles. The largest absolute Gasteiger partial charge is 0.310 e. The molecule has 2 aliphatic heterocycles. The molecule has 0 aromatic carbocycles. The van der Waals surface area contributed by atoms with Crippen LogP contribution in [0.5, 0.6) is 0 Å². The fourth-order valence-corrected chi connectivity index (χ4v) is 2.39. The number of piperazine rings is 1. The third-order valence-corrected chi connectivity index (χ3v) is 3.14. The van der Waals surface area contributed by atoms with Crippen LogP contribution < -0.4 is 5.32 Å². The molecule has 1 unspecified atom stereocenters. The van der Waals surface area contributed by atoms with Gasteiger partial charge in [0.05, 0.1) is 0 Å². The van der Waals surface area contributed by atoms with Crippen LogP contribution in [-0.2, 0) is 0 Å². The quantitative estimate of drug-likeness (QED) is 0.826. The van der Waals surface area contributed by atoms with Gasteiger partial charge in [0.2, 0.25) is 0 Å². The van der Waals surface area contributed by atoms with Crippen molar-refractivity contribution in [1.29, 1.82) is 0 Å². The van der Waals surface area contributed by atoms with Crippen molar-refractivity contribution in [3.63, 3.8) is 0 Å². The van der Waals surface area contributed by atoms with Crippen LogP contribution in [0.2, 0.25) is 0 Å². The number of rotatable bonds is 2. The van der Waals surface area contributed by atoms with Gasteiger partial charge in [0, 0.05) is 32.2 Å². The zero-order valence-corrected chi connectivity index (χ0v) is 12.3. The molecule has 0 saturated carbocycles. The summed E-state index contributed by atoms with van der Waals surface area (Å²) in [6.45, 7) is 7.48. The van der Waals surface area contributed by atoms with Crippen molar-refractivity contribution in [2.24, 2.45) is 0 Å². The summed E-state index contributed by atoms with van der Waals surface area (Å²) in [5.41, 5.74) is 0. The van der Waals surface area contributed by atoms with Crippen molar-refractivity contribution < 1.29 is 0 Å². The van der Waals surface area contributed by atoms with E-state index in [1.807, 2.05) is 0 Å². The van der Waals surface area contributed by atoms with Gasteiger partial charge in [-0.2, -0.15) is 0 Å². The second-order valence-corrected chi connectivity index (χ2v) is 4.42. The number of likely N-dealkylation sites (tertiary alicyclic amines) is 1. The lowest BCUT2D eigenvalue weighted by Crippen LogP contribution is -2.53. The summed E-state index contributed by atoms with van der Waals surface area (Å²) >= 11 is 0. The summed E-state index contributed by atoms with van der Waals surface area (Å²) in [7, 11) is 2.22. The number of hydrogen-bond donors (Lipinski definition) is 1. The Morgan fingerprint density at radius 1 is 1.06 bits per heavy atom. The van der Waals surface area contributed by atoms with Gasteiger partial charge in [0.1, 0.15) is 0 Å². The number of halogens is 3. The summed E-state index contributed by atoms with van der Waals surface area (Å²) < 4.78 is 0. The lowest BCUT2D eigenvalue weighted by Gasteiger charge is -2.33. The van der Waals surface area contributed by atoms with E-state index < -0.39 is 0 Å². The van der Waals surface area contributed by atoms with Crippen LogP contribution in [-0.4, -0.2) is 62.2 Å². The molecule has 2 fully saturated rings. The predicted molar refractivity (Wildman–Crippen MR) is 76.7 cm³/mol. The fraction of sp³-hybridized carbons (Fsp3) is 1.00. The first-order chi connectivity index (χ1) is 6.34. The van der Waals surface area contributed by atoms with Crippen LogP contribution in [0.4, 0.5) is 0 Å². The maximum atomic E-state index is 3.59. The van der Waals surface area contributed by atoms with Crippen molar-refractivity contribution in [2.45, 2.75) is 18.9 Å². The number of nitrogens with zero attached hydrogens (tertiary/aromatic N) is 2. The number of likely N-dealkylation sites (N-methyl/N-ethyl adjacent to an activating group) is 1. The van der Waals surface area contributed by atoms with Gasteiger partial charge in [0.15, 0.2) is 0 Å². The normalized spacial score (nSPS) is 26.4. The molecule has 6 heteroatoms. The Hall–Kier alpha value is 0.750. The Labute approximate surface area is 118 Å². The molecule has 2 saturated heterocycles. The number of hydrogen-bond acceptors (Lipinski definition) is 3. The molecule has 0 spiro atoms. The number of nitrogens with one attached hydrogen (secondary N) is 1. The van der Waals surface area contributed by atoms with Gasteiger partial charge >= 0.3 is 0 Å². The minimum Gasteiger partial charge on any atom is -0.310 e. The van der Waals surface area contributed by atoms with Crippen LogP contribution in [0.25, 0.3) is 0 Å². The average Bonchev–Trinajstić information content (AvgIpc) is 2.57. The van der Waals surface area contributed by atoms with Gasteiger partial charge < -0.3 is 15.1 Å². The van der Waals surface area contributed by atoms with Crippen molar-refractivity contribution in [1.82, 2.24) is 15.1 Å². The Morgan fingerprint density at radius 3 is 2.25 bits per heavy atom. The third kappa shape index (κ3) is 5.89. The second-order valence-electron chi connectivity index (χ2n) is 4.42. The first-order valence-electron chi connectivity index (χ1n) is 5.49. The minimum absolute atomic E-state index is 0. The van der Waals surface area contributed by atoms with E-state index in [9.17, 15) is 0 Å². The molecule has 16 heavy (non-hydrogen) atoms. The van der Waals surface area contributed by atoms with Gasteiger partial charge in [-0.05, 0) is 33.0 Å². The molecule has 2 heterocycles. The first kappa shape index (κ1) is 19.1. The van der Waals surface area contributed by atoms with Crippen LogP contribution in [0.1, 0.15) is 12.8 Å². The van der Waals surface area contributed by atoms with Crippen molar-refractivity contribution in [3.8, 4) is 0 Å². The Morgan fingerprint density at radius 2 is 1.69 bits per heavy atom. The maximum Gasteiger partial charge on any atom is 0.0323 e. The summed E-state index contributed by atoms with van der Waals surface area (Å²) in [5.74, 6) is 0. The molecule has 0 aliphatic carbocycles. The maximum absolute atomic E-state index is 3.59. The molecule has 100 valence electrons. The highest BCUT2D eigenvalue weighted by Gasteiger charge is 2.20. The van der Waals surface area contributed by atoms with Crippen LogP contribution in [0, 0.1) is 0 Å². The average molecular weight is 293 g/mol. The molecule has 0 aromatic rings. The minimum atomic E-state index is 0. The molecule has 0 radical (unpaired) electrons. The van der Waals surface area contributed by atoms with Gasteiger partial charge in [-0.1, -0.05) is 0 Å². The van der Waals surface area contributed by atoms with E-state index in [2.05, 4.69) is 22.2 Å². The monoisotopic (exact) mass is 291 g/mol. The fourth-order valence-electron chi connectivity index (χ4n) is 2.39. The summed E-state index contributed by atoms with van der Waals surface area (Å²) in [6, 6.07) is 0.705. The Bertz CT molecular complexity index is 165. The molecule has 1 atom stereocenters. The van der Waals surface area contributed by atoms with Crippen molar-refractivity contribution in [2.75, 3.05) is 46.3 Å². The van der Waals surface area contributed by atoms with Crippen LogP contribution in [0.15, 0.2) is 0 Å². The molecular weight excluding hydrogens is 268 g/mol. The summed E-state index contributed by atoms with van der Waals surface area (Å²) in [4.78, 5) is 5.02. The van der Waals surface area contributed by atoms with Gasteiger partial charge in [-0.25, -0.2) is 0 Å². The van der Waals surface area contributed by atoms with Gasteiger partial charge in [-0.3, -0.25) is 0 Å². The van der Waals surface area contributed by atoms with E-state index >= 15 is 0 Å².